The summed E-state index contributed by atoms with van der Waals surface area (Å²) in [6, 6.07) is 10.9. The molecule has 1 aliphatic carbocycles. The fourth-order valence-electron chi connectivity index (χ4n) is 2.80. The normalized spacial score (nSPS) is 23.4. The van der Waals surface area contributed by atoms with Crippen LogP contribution in [0.1, 0.15) is 30.9 Å². The first-order valence-electron chi connectivity index (χ1n) is 6.52. The zero-order valence-electron chi connectivity index (χ0n) is 10.6. The number of para-hydroxylation sites is 1. The lowest BCUT2D eigenvalue weighted by molar-refractivity contribution is 0.564. The third-order valence-electron chi connectivity index (χ3n) is 3.84. The Labute approximate surface area is 107 Å². The first-order chi connectivity index (χ1) is 8.88. The Bertz CT molecular complexity index is 506. The minimum Gasteiger partial charge on any atom is -0.317 e. The molecule has 1 aromatic heterocycles. The Morgan fingerprint density at radius 2 is 2.06 bits per heavy atom. The zero-order chi connectivity index (χ0) is 12.4. The standard InChI is InChI=1S/C14H18N4/c1-15-12-8-7-11(9-12)14-10-16-17-18(14)13-5-3-2-4-6-13/h2-6,10-12,15H,7-9H2,1H3. The van der Waals surface area contributed by atoms with Gasteiger partial charge in [0.15, 0.2) is 0 Å². The predicted octanol–water partition coefficient (Wildman–Crippen LogP) is 2.12. The monoisotopic (exact) mass is 242 g/mol. The lowest BCUT2D eigenvalue weighted by Gasteiger charge is -2.12. The molecule has 1 aromatic carbocycles. The van der Waals surface area contributed by atoms with Crippen LogP contribution in [0.5, 0.6) is 0 Å². The molecule has 94 valence electrons. The summed E-state index contributed by atoms with van der Waals surface area (Å²) in [7, 11) is 2.04. The summed E-state index contributed by atoms with van der Waals surface area (Å²) in [5, 5.41) is 11.7. The van der Waals surface area contributed by atoms with Gasteiger partial charge >= 0.3 is 0 Å². The largest absolute Gasteiger partial charge is 0.317 e. The van der Waals surface area contributed by atoms with E-state index in [0.717, 1.165) is 5.69 Å². The molecule has 0 aliphatic heterocycles. The minimum atomic E-state index is 0.567. The van der Waals surface area contributed by atoms with Crippen molar-refractivity contribution < 1.29 is 0 Å². The van der Waals surface area contributed by atoms with Gasteiger partial charge in [-0.1, -0.05) is 23.4 Å². The predicted molar refractivity (Wildman–Crippen MR) is 70.8 cm³/mol. The summed E-state index contributed by atoms with van der Waals surface area (Å²) in [4.78, 5) is 0. The second-order valence-electron chi connectivity index (χ2n) is 4.90. The van der Waals surface area contributed by atoms with Crippen molar-refractivity contribution in [1.29, 1.82) is 0 Å². The van der Waals surface area contributed by atoms with E-state index in [9.17, 15) is 0 Å². The summed E-state index contributed by atoms with van der Waals surface area (Å²) in [6.07, 6.45) is 5.54. The van der Waals surface area contributed by atoms with Gasteiger partial charge in [-0.2, -0.15) is 0 Å². The number of hydrogen-bond donors (Lipinski definition) is 1. The summed E-state index contributed by atoms with van der Waals surface area (Å²) in [5.74, 6) is 0.567. The molecule has 4 heteroatoms. The van der Waals surface area contributed by atoms with Crippen molar-refractivity contribution in [1.82, 2.24) is 20.3 Å². The molecule has 1 aliphatic rings. The molecule has 3 rings (SSSR count). The second kappa shape index (κ2) is 4.90. The quantitative estimate of drug-likeness (QED) is 0.896. The van der Waals surface area contributed by atoms with Crippen LogP contribution in [-0.2, 0) is 0 Å². The number of aromatic nitrogens is 3. The smallest absolute Gasteiger partial charge is 0.0732 e. The molecular weight excluding hydrogens is 224 g/mol. The zero-order valence-corrected chi connectivity index (χ0v) is 10.6. The van der Waals surface area contributed by atoms with Crippen LogP contribution in [0.3, 0.4) is 0 Å². The van der Waals surface area contributed by atoms with Crippen molar-refractivity contribution in [2.75, 3.05) is 7.05 Å². The van der Waals surface area contributed by atoms with Crippen LogP contribution in [0.15, 0.2) is 36.5 Å². The molecule has 0 saturated heterocycles. The van der Waals surface area contributed by atoms with Gasteiger partial charge in [-0.15, -0.1) is 5.10 Å². The fraction of sp³-hybridized carbons (Fsp3) is 0.429. The number of rotatable bonds is 3. The SMILES string of the molecule is CNC1CCC(c2cnnn2-c2ccccc2)C1. The average molecular weight is 242 g/mol. The van der Waals surface area contributed by atoms with E-state index in [1.165, 1.54) is 25.0 Å². The van der Waals surface area contributed by atoms with Crippen molar-refractivity contribution in [3.05, 3.63) is 42.2 Å². The molecule has 2 aromatic rings. The van der Waals surface area contributed by atoms with Crippen LogP contribution in [0, 0.1) is 0 Å². The van der Waals surface area contributed by atoms with E-state index in [2.05, 4.69) is 27.8 Å². The molecule has 2 unspecified atom stereocenters. The first-order valence-corrected chi connectivity index (χ1v) is 6.52. The third-order valence-corrected chi connectivity index (χ3v) is 3.84. The highest BCUT2D eigenvalue weighted by Gasteiger charge is 2.27. The minimum absolute atomic E-state index is 0.567. The number of benzene rings is 1. The molecule has 4 nitrogen and oxygen atoms in total. The van der Waals surface area contributed by atoms with E-state index in [4.69, 9.17) is 0 Å². The average Bonchev–Trinajstić information content (AvgIpc) is 3.08. The van der Waals surface area contributed by atoms with Crippen molar-refractivity contribution in [2.24, 2.45) is 0 Å². The maximum absolute atomic E-state index is 4.23. The van der Waals surface area contributed by atoms with E-state index in [-0.39, 0.29) is 0 Å². The van der Waals surface area contributed by atoms with E-state index in [0.29, 0.717) is 12.0 Å². The Kier molecular flexibility index (Phi) is 3.11. The van der Waals surface area contributed by atoms with Gasteiger partial charge in [-0.3, -0.25) is 0 Å². The van der Waals surface area contributed by atoms with Crippen molar-refractivity contribution in [2.45, 2.75) is 31.2 Å². The Morgan fingerprint density at radius 1 is 1.22 bits per heavy atom. The van der Waals surface area contributed by atoms with Crippen LogP contribution in [-0.4, -0.2) is 28.1 Å². The first kappa shape index (κ1) is 11.4. The van der Waals surface area contributed by atoms with Gasteiger partial charge in [0.05, 0.1) is 17.6 Å². The molecule has 0 radical (unpaired) electrons. The van der Waals surface area contributed by atoms with Crippen molar-refractivity contribution in [3.63, 3.8) is 0 Å². The van der Waals surface area contributed by atoms with Gasteiger partial charge in [0.2, 0.25) is 0 Å². The van der Waals surface area contributed by atoms with Crippen LogP contribution < -0.4 is 5.32 Å². The van der Waals surface area contributed by atoms with Gasteiger partial charge in [0.25, 0.3) is 0 Å². The van der Waals surface area contributed by atoms with E-state index < -0.39 is 0 Å². The molecule has 18 heavy (non-hydrogen) atoms. The van der Waals surface area contributed by atoms with Crippen LogP contribution in [0.2, 0.25) is 0 Å². The highest BCUT2D eigenvalue weighted by Crippen LogP contribution is 2.34. The van der Waals surface area contributed by atoms with Crippen molar-refractivity contribution >= 4 is 0 Å². The Morgan fingerprint density at radius 3 is 2.78 bits per heavy atom. The molecule has 0 bridgehead atoms. The molecule has 1 saturated carbocycles. The van der Waals surface area contributed by atoms with E-state index >= 15 is 0 Å². The van der Waals surface area contributed by atoms with Gasteiger partial charge < -0.3 is 5.32 Å². The molecule has 1 N–H and O–H groups in total. The highest BCUT2D eigenvalue weighted by atomic mass is 15.4. The lowest BCUT2D eigenvalue weighted by atomic mass is 10.0. The number of nitrogens with one attached hydrogen (secondary N) is 1. The maximum atomic E-state index is 4.23. The number of hydrogen-bond acceptors (Lipinski definition) is 3. The van der Waals surface area contributed by atoms with Crippen LogP contribution >= 0.6 is 0 Å². The summed E-state index contributed by atoms with van der Waals surface area (Å²) in [6.45, 7) is 0. The topological polar surface area (TPSA) is 42.7 Å². The second-order valence-corrected chi connectivity index (χ2v) is 4.90. The summed E-state index contributed by atoms with van der Waals surface area (Å²) >= 11 is 0. The highest BCUT2D eigenvalue weighted by molar-refractivity contribution is 5.32. The summed E-state index contributed by atoms with van der Waals surface area (Å²) in [5.41, 5.74) is 2.33. The maximum Gasteiger partial charge on any atom is 0.0732 e. The van der Waals surface area contributed by atoms with E-state index in [1.54, 1.807) is 0 Å². The lowest BCUT2D eigenvalue weighted by Crippen LogP contribution is -2.21. The summed E-state index contributed by atoms with van der Waals surface area (Å²) < 4.78 is 1.97. The van der Waals surface area contributed by atoms with Crippen LogP contribution in [0.4, 0.5) is 0 Å². The van der Waals surface area contributed by atoms with E-state index in [1.807, 2.05) is 36.1 Å². The van der Waals surface area contributed by atoms with Crippen molar-refractivity contribution in [3.8, 4) is 5.69 Å². The van der Waals surface area contributed by atoms with Gasteiger partial charge in [0, 0.05) is 12.0 Å². The molecule has 1 heterocycles. The molecule has 1 fully saturated rings. The third kappa shape index (κ3) is 2.04. The molecular formula is C14H18N4. The van der Waals surface area contributed by atoms with Gasteiger partial charge in [0.1, 0.15) is 0 Å². The Hall–Kier alpha value is -1.68. The van der Waals surface area contributed by atoms with Gasteiger partial charge in [-0.25, -0.2) is 4.68 Å². The number of nitrogens with zero attached hydrogens (tertiary/aromatic N) is 3. The molecule has 2 atom stereocenters. The molecule has 0 spiro atoms. The van der Waals surface area contributed by atoms with Gasteiger partial charge in [-0.05, 0) is 38.4 Å². The fourth-order valence-corrected chi connectivity index (χ4v) is 2.80. The molecule has 0 amide bonds. The Balaban J connectivity index is 1.89. The van der Waals surface area contributed by atoms with Crippen LogP contribution in [0.25, 0.3) is 5.69 Å².